The molecule has 1 aromatic rings. The average Bonchev–Trinajstić information content (AvgIpc) is 2.27. The molecule has 0 N–H and O–H groups in total. The van der Waals surface area contributed by atoms with Gasteiger partial charge in [-0.05, 0) is 25.1 Å². The molecule has 1 aromatic carbocycles. The molecule has 5 heteroatoms. The van der Waals surface area contributed by atoms with Crippen molar-refractivity contribution >= 4 is 23.3 Å². The molecule has 0 bridgehead atoms. The van der Waals surface area contributed by atoms with Crippen LogP contribution in [0.25, 0.3) is 0 Å². The van der Waals surface area contributed by atoms with Gasteiger partial charge in [0.15, 0.2) is 5.71 Å². The number of rotatable bonds is 4. The molecule has 0 unspecified atom stereocenters. The van der Waals surface area contributed by atoms with Crippen LogP contribution in [-0.4, -0.2) is 25.4 Å². The van der Waals surface area contributed by atoms with Crippen LogP contribution in [0.2, 0.25) is 5.02 Å². The van der Waals surface area contributed by atoms with Gasteiger partial charge < -0.3 is 9.57 Å². The molecule has 1 radical (unpaired) electrons. The van der Waals surface area contributed by atoms with Crippen molar-refractivity contribution in [3.05, 3.63) is 34.9 Å². The normalized spacial score (nSPS) is 11.1. The van der Waals surface area contributed by atoms with E-state index in [0.717, 1.165) is 0 Å². The van der Waals surface area contributed by atoms with E-state index in [1.807, 2.05) is 0 Å². The average molecular weight is 241 g/mol. The van der Waals surface area contributed by atoms with Crippen molar-refractivity contribution in [3.8, 4) is 0 Å². The maximum Gasteiger partial charge on any atom is 0.361 e. The summed E-state index contributed by atoms with van der Waals surface area (Å²) in [4.78, 5) is 16.2. The zero-order valence-corrected chi connectivity index (χ0v) is 9.75. The van der Waals surface area contributed by atoms with Gasteiger partial charge in [-0.15, -0.1) is 0 Å². The smallest absolute Gasteiger partial charge is 0.361 e. The largest absolute Gasteiger partial charge is 0.461 e. The van der Waals surface area contributed by atoms with Crippen molar-refractivity contribution in [1.29, 1.82) is 0 Å². The first-order valence-corrected chi connectivity index (χ1v) is 5.02. The second-order valence-corrected chi connectivity index (χ2v) is 3.16. The number of benzene rings is 1. The SMILES string of the molecule is CCOC(=O)C(=NOC)c1c[c]ccc1Cl. The number of hydrogen-bond donors (Lipinski definition) is 0. The maximum absolute atomic E-state index is 11.6. The molecule has 0 fully saturated rings. The lowest BCUT2D eigenvalue weighted by atomic mass is 10.1. The second kappa shape index (κ2) is 6.12. The Kier molecular flexibility index (Phi) is 4.79. The van der Waals surface area contributed by atoms with Crippen molar-refractivity contribution in [2.75, 3.05) is 13.7 Å². The van der Waals surface area contributed by atoms with Crippen molar-refractivity contribution in [3.63, 3.8) is 0 Å². The van der Waals surface area contributed by atoms with Crippen LogP contribution in [0.1, 0.15) is 12.5 Å². The van der Waals surface area contributed by atoms with Crippen molar-refractivity contribution in [1.82, 2.24) is 0 Å². The van der Waals surface area contributed by atoms with Crippen molar-refractivity contribution < 1.29 is 14.4 Å². The standard InChI is InChI=1S/C11H11ClNO3/c1-3-16-11(14)10(13-15-2)8-6-4-5-7-9(8)12/h5-7H,3H2,1-2H3. The molecule has 0 aliphatic rings. The molecule has 1 rings (SSSR count). The number of halogens is 1. The van der Waals surface area contributed by atoms with Gasteiger partial charge in [0.1, 0.15) is 7.11 Å². The zero-order chi connectivity index (χ0) is 12.0. The van der Waals surface area contributed by atoms with E-state index in [1.54, 1.807) is 25.1 Å². The summed E-state index contributed by atoms with van der Waals surface area (Å²) in [7, 11) is 1.35. The van der Waals surface area contributed by atoms with E-state index < -0.39 is 5.97 Å². The third kappa shape index (κ3) is 2.97. The van der Waals surface area contributed by atoms with Crippen LogP contribution in [0, 0.1) is 6.07 Å². The van der Waals surface area contributed by atoms with Crippen molar-refractivity contribution in [2.45, 2.75) is 6.92 Å². The molecule has 0 aromatic heterocycles. The van der Waals surface area contributed by atoms with Crippen LogP contribution in [0.15, 0.2) is 23.4 Å². The molecular formula is C11H11ClNO3. The van der Waals surface area contributed by atoms with Crippen LogP contribution in [0.3, 0.4) is 0 Å². The summed E-state index contributed by atoms with van der Waals surface area (Å²) in [6.07, 6.45) is 0. The number of esters is 1. The minimum atomic E-state index is -0.578. The van der Waals surface area contributed by atoms with Gasteiger partial charge in [-0.3, -0.25) is 0 Å². The molecule has 16 heavy (non-hydrogen) atoms. The van der Waals surface area contributed by atoms with Crippen LogP contribution in [-0.2, 0) is 14.4 Å². The molecule has 0 aliphatic heterocycles. The number of oxime groups is 1. The lowest BCUT2D eigenvalue weighted by Crippen LogP contribution is -2.19. The van der Waals surface area contributed by atoms with E-state index in [-0.39, 0.29) is 12.3 Å². The Morgan fingerprint density at radius 1 is 1.62 bits per heavy atom. The summed E-state index contributed by atoms with van der Waals surface area (Å²) in [5.74, 6) is -0.578. The van der Waals surface area contributed by atoms with Gasteiger partial charge in [-0.25, -0.2) is 4.79 Å². The Morgan fingerprint density at radius 2 is 2.38 bits per heavy atom. The van der Waals surface area contributed by atoms with Crippen LogP contribution < -0.4 is 0 Å². The van der Waals surface area contributed by atoms with Gasteiger partial charge in [0.05, 0.1) is 11.6 Å². The molecule has 0 spiro atoms. The number of carbonyl (C=O) groups is 1. The molecule has 85 valence electrons. The Morgan fingerprint density at radius 3 is 2.94 bits per heavy atom. The van der Waals surface area contributed by atoms with E-state index in [4.69, 9.17) is 16.3 Å². The third-order valence-electron chi connectivity index (χ3n) is 1.72. The molecule has 0 amide bonds. The molecule has 0 aliphatic carbocycles. The van der Waals surface area contributed by atoms with Crippen molar-refractivity contribution in [2.24, 2.45) is 5.16 Å². The maximum atomic E-state index is 11.6. The summed E-state index contributed by atoms with van der Waals surface area (Å²) in [5.41, 5.74) is 0.468. The fourth-order valence-electron chi connectivity index (χ4n) is 1.08. The third-order valence-corrected chi connectivity index (χ3v) is 2.05. The number of carbonyl (C=O) groups excluding carboxylic acids is 1. The van der Waals surface area contributed by atoms with E-state index in [9.17, 15) is 4.79 Å². The number of hydrogen-bond acceptors (Lipinski definition) is 4. The van der Waals surface area contributed by atoms with Crippen LogP contribution in [0.5, 0.6) is 0 Å². The molecule has 0 heterocycles. The second-order valence-electron chi connectivity index (χ2n) is 2.75. The Hall–Kier alpha value is -1.55. The molecule has 0 atom stereocenters. The highest BCUT2D eigenvalue weighted by atomic mass is 35.5. The van der Waals surface area contributed by atoms with E-state index in [0.29, 0.717) is 10.6 Å². The Bertz CT molecular complexity index is 404. The van der Waals surface area contributed by atoms with Gasteiger partial charge in [0, 0.05) is 5.56 Å². The summed E-state index contributed by atoms with van der Waals surface area (Å²) >= 11 is 5.93. The minimum absolute atomic E-state index is 0.0335. The first-order valence-electron chi connectivity index (χ1n) is 4.65. The summed E-state index contributed by atoms with van der Waals surface area (Å²) in [5, 5.41) is 4.00. The quantitative estimate of drug-likeness (QED) is 0.460. The highest BCUT2D eigenvalue weighted by Gasteiger charge is 2.18. The van der Waals surface area contributed by atoms with Gasteiger partial charge in [0.2, 0.25) is 0 Å². The molecule has 0 saturated heterocycles. The predicted molar refractivity (Wildman–Crippen MR) is 60.5 cm³/mol. The monoisotopic (exact) mass is 240 g/mol. The Labute approximate surface area is 98.8 Å². The zero-order valence-electron chi connectivity index (χ0n) is 8.99. The van der Waals surface area contributed by atoms with Gasteiger partial charge >= 0.3 is 5.97 Å². The molecule has 0 saturated carbocycles. The first kappa shape index (κ1) is 12.5. The van der Waals surface area contributed by atoms with E-state index >= 15 is 0 Å². The first-order chi connectivity index (χ1) is 7.70. The van der Waals surface area contributed by atoms with Crippen LogP contribution in [0.4, 0.5) is 0 Å². The topological polar surface area (TPSA) is 47.9 Å². The van der Waals surface area contributed by atoms with E-state index in [1.165, 1.54) is 7.11 Å². The summed E-state index contributed by atoms with van der Waals surface area (Å²) in [6, 6.07) is 7.61. The highest BCUT2D eigenvalue weighted by molar-refractivity contribution is 6.47. The Balaban J connectivity index is 3.09. The van der Waals surface area contributed by atoms with Gasteiger partial charge in [0.25, 0.3) is 0 Å². The molecule has 4 nitrogen and oxygen atoms in total. The van der Waals surface area contributed by atoms with E-state index in [2.05, 4.69) is 16.1 Å². The number of nitrogens with zero attached hydrogens (tertiary/aromatic N) is 1. The highest BCUT2D eigenvalue weighted by Crippen LogP contribution is 2.16. The lowest BCUT2D eigenvalue weighted by Gasteiger charge is -2.06. The fraction of sp³-hybridized carbons (Fsp3) is 0.273. The summed E-state index contributed by atoms with van der Waals surface area (Å²) in [6.45, 7) is 1.97. The summed E-state index contributed by atoms with van der Waals surface area (Å²) < 4.78 is 4.84. The minimum Gasteiger partial charge on any atom is -0.461 e. The van der Waals surface area contributed by atoms with Gasteiger partial charge in [-0.1, -0.05) is 22.8 Å². The van der Waals surface area contributed by atoms with Crippen LogP contribution >= 0.6 is 11.6 Å². The fourth-order valence-corrected chi connectivity index (χ4v) is 1.29. The van der Waals surface area contributed by atoms with Gasteiger partial charge in [-0.2, -0.15) is 0 Å². The molecular weight excluding hydrogens is 230 g/mol. The number of ether oxygens (including phenoxy) is 1. The lowest BCUT2D eigenvalue weighted by molar-refractivity contribution is -0.135. The predicted octanol–water partition coefficient (Wildman–Crippen LogP) is 2.05.